The Hall–Kier alpha value is -0.100. The standard InChI is InChI=1S/C13H17BrClNO2S/c14-13-4-2-1-3-10(13)9-16-19(17,18)12-7-5-11(15)6-8-12/h5-8,10,13,16H,1-4,9H2. The molecule has 0 aromatic heterocycles. The van der Waals surface area contributed by atoms with Crippen molar-refractivity contribution in [3.8, 4) is 0 Å². The molecule has 2 unspecified atom stereocenters. The van der Waals surface area contributed by atoms with Gasteiger partial charge in [0.2, 0.25) is 10.0 Å². The monoisotopic (exact) mass is 365 g/mol. The normalized spacial score (nSPS) is 24.3. The van der Waals surface area contributed by atoms with Crippen LogP contribution in [0.4, 0.5) is 0 Å². The van der Waals surface area contributed by atoms with Crippen LogP contribution in [0, 0.1) is 5.92 Å². The van der Waals surface area contributed by atoms with E-state index in [1.165, 1.54) is 25.0 Å². The molecule has 2 atom stereocenters. The Morgan fingerprint density at radius 1 is 1.21 bits per heavy atom. The van der Waals surface area contributed by atoms with Gasteiger partial charge in [-0.3, -0.25) is 0 Å². The fourth-order valence-corrected chi connectivity index (χ4v) is 4.30. The van der Waals surface area contributed by atoms with Gasteiger partial charge in [-0.2, -0.15) is 0 Å². The Balaban J connectivity index is 1.99. The molecule has 0 saturated heterocycles. The van der Waals surface area contributed by atoms with E-state index in [4.69, 9.17) is 11.6 Å². The van der Waals surface area contributed by atoms with Gasteiger partial charge in [0.1, 0.15) is 0 Å². The van der Waals surface area contributed by atoms with E-state index in [0.717, 1.165) is 12.8 Å². The van der Waals surface area contributed by atoms with Crippen molar-refractivity contribution in [1.29, 1.82) is 0 Å². The Bertz CT molecular complexity index is 518. The van der Waals surface area contributed by atoms with Gasteiger partial charge < -0.3 is 0 Å². The van der Waals surface area contributed by atoms with E-state index < -0.39 is 10.0 Å². The van der Waals surface area contributed by atoms with Gasteiger partial charge in [0, 0.05) is 16.4 Å². The maximum Gasteiger partial charge on any atom is 0.240 e. The minimum Gasteiger partial charge on any atom is -0.211 e. The summed E-state index contributed by atoms with van der Waals surface area (Å²) in [6.45, 7) is 0.487. The molecule has 19 heavy (non-hydrogen) atoms. The molecule has 106 valence electrons. The molecule has 0 radical (unpaired) electrons. The van der Waals surface area contributed by atoms with Crippen LogP contribution in [-0.4, -0.2) is 19.8 Å². The number of halogens is 2. The largest absolute Gasteiger partial charge is 0.240 e. The molecule has 0 amide bonds. The van der Waals surface area contributed by atoms with Crippen molar-refractivity contribution in [3.05, 3.63) is 29.3 Å². The number of hydrogen-bond acceptors (Lipinski definition) is 2. The number of benzene rings is 1. The zero-order valence-corrected chi connectivity index (χ0v) is 13.6. The molecule has 1 aliphatic carbocycles. The molecule has 2 rings (SSSR count). The molecule has 3 nitrogen and oxygen atoms in total. The van der Waals surface area contributed by atoms with Crippen LogP contribution in [0.5, 0.6) is 0 Å². The second-order valence-corrected chi connectivity index (χ2v) is 8.25. The highest BCUT2D eigenvalue weighted by Crippen LogP contribution is 2.29. The number of sulfonamides is 1. The lowest BCUT2D eigenvalue weighted by Gasteiger charge is -2.27. The van der Waals surface area contributed by atoms with Crippen LogP contribution in [0.2, 0.25) is 5.02 Å². The fourth-order valence-electron chi connectivity index (χ4n) is 2.31. The van der Waals surface area contributed by atoms with Gasteiger partial charge in [0.05, 0.1) is 4.90 Å². The molecule has 0 heterocycles. The first-order chi connectivity index (χ1) is 8.99. The minimum atomic E-state index is -3.43. The summed E-state index contributed by atoms with van der Waals surface area (Å²) in [4.78, 5) is 0.674. The maximum atomic E-state index is 12.1. The third kappa shape index (κ3) is 4.18. The van der Waals surface area contributed by atoms with E-state index in [9.17, 15) is 8.42 Å². The van der Waals surface area contributed by atoms with Crippen LogP contribution >= 0.6 is 27.5 Å². The van der Waals surface area contributed by atoms with E-state index in [2.05, 4.69) is 20.7 Å². The van der Waals surface area contributed by atoms with Gasteiger partial charge in [0.15, 0.2) is 0 Å². The second-order valence-electron chi connectivity index (χ2n) is 4.87. The molecule has 1 fully saturated rings. The van der Waals surface area contributed by atoms with Crippen molar-refractivity contribution in [2.75, 3.05) is 6.54 Å². The molecular formula is C13H17BrClNO2S. The molecule has 6 heteroatoms. The highest BCUT2D eigenvalue weighted by Gasteiger charge is 2.24. The van der Waals surface area contributed by atoms with Crippen LogP contribution in [-0.2, 0) is 10.0 Å². The summed E-state index contributed by atoms with van der Waals surface area (Å²) < 4.78 is 26.9. The van der Waals surface area contributed by atoms with Gasteiger partial charge in [-0.05, 0) is 43.0 Å². The molecule has 1 N–H and O–H groups in total. The van der Waals surface area contributed by atoms with Crippen LogP contribution in [0.1, 0.15) is 25.7 Å². The van der Waals surface area contributed by atoms with Gasteiger partial charge in [-0.15, -0.1) is 0 Å². The minimum absolute atomic E-state index is 0.263. The maximum absolute atomic E-state index is 12.1. The Kier molecular flexibility index (Phi) is 5.29. The summed E-state index contributed by atoms with van der Waals surface area (Å²) in [5.74, 6) is 0.371. The topological polar surface area (TPSA) is 46.2 Å². The van der Waals surface area contributed by atoms with Crippen molar-refractivity contribution >= 4 is 37.6 Å². The highest BCUT2D eigenvalue weighted by atomic mass is 79.9. The molecule has 0 bridgehead atoms. The quantitative estimate of drug-likeness (QED) is 0.828. The van der Waals surface area contributed by atoms with Crippen LogP contribution in [0.15, 0.2) is 29.2 Å². The van der Waals surface area contributed by atoms with E-state index in [1.54, 1.807) is 12.1 Å². The lowest BCUT2D eigenvalue weighted by molar-refractivity contribution is 0.373. The van der Waals surface area contributed by atoms with Crippen LogP contribution in [0.25, 0.3) is 0 Å². The van der Waals surface area contributed by atoms with Crippen molar-refractivity contribution in [2.24, 2.45) is 5.92 Å². The second kappa shape index (κ2) is 6.57. The first kappa shape index (κ1) is 15.3. The summed E-state index contributed by atoms with van der Waals surface area (Å²) >= 11 is 9.39. The lowest BCUT2D eigenvalue weighted by atomic mass is 9.89. The number of hydrogen-bond donors (Lipinski definition) is 1. The van der Waals surface area contributed by atoms with Crippen molar-refractivity contribution < 1.29 is 8.42 Å². The summed E-state index contributed by atoms with van der Waals surface area (Å²) in [6, 6.07) is 6.22. The number of nitrogens with one attached hydrogen (secondary N) is 1. The molecular weight excluding hydrogens is 350 g/mol. The zero-order valence-electron chi connectivity index (χ0n) is 10.5. The first-order valence-corrected chi connectivity index (χ1v) is 9.16. The average molecular weight is 367 g/mol. The Morgan fingerprint density at radius 2 is 1.84 bits per heavy atom. The van der Waals surface area contributed by atoms with Crippen molar-refractivity contribution in [3.63, 3.8) is 0 Å². The summed E-state index contributed by atoms with van der Waals surface area (Å²) in [7, 11) is -3.43. The van der Waals surface area contributed by atoms with E-state index in [1.807, 2.05) is 0 Å². The average Bonchev–Trinajstić information content (AvgIpc) is 2.38. The van der Waals surface area contributed by atoms with Gasteiger partial charge in [-0.1, -0.05) is 40.4 Å². The molecule has 0 spiro atoms. The molecule has 1 aromatic rings. The predicted octanol–water partition coefficient (Wildman–Crippen LogP) is 3.57. The van der Waals surface area contributed by atoms with Gasteiger partial charge in [-0.25, -0.2) is 13.1 Å². The van der Waals surface area contributed by atoms with E-state index in [0.29, 0.717) is 22.3 Å². The SMILES string of the molecule is O=S(=O)(NCC1CCCCC1Br)c1ccc(Cl)cc1. The summed E-state index contributed by atoms with van der Waals surface area (Å²) in [5.41, 5.74) is 0. The molecule has 1 aliphatic rings. The third-order valence-corrected chi connectivity index (χ3v) is 6.37. The predicted molar refractivity (Wildman–Crippen MR) is 81.3 cm³/mol. The molecule has 1 aromatic carbocycles. The van der Waals surface area contributed by atoms with Gasteiger partial charge >= 0.3 is 0 Å². The highest BCUT2D eigenvalue weighted by molar-refractivity contribution is 9.09. The summed E-state index contributed by atoms with van der Waals surface area (Å²) in [6.07, 6.45) is 4.58. The molecule has 1 saturated carbocycles. The number of alkyl halides is 1. The fraction of sp³-hybridized carbons (Fsp3) is 0.538. The smallest absolute Gasteiger partial charge is 0.211 e. The van der Waals surface area contributed by atoms with Crippen LogP contribution in [0.3, 0.4) is 0 Å². The Morgan fingerprint density at radius 3 is 2.47 bits per heavy atom. The lowest BCUT2D eigenvalue weighted by Crippen LogP contribution is -2.34. The first-order valence-electron chi connectivity index (χ1n) is 6.38. The van der Waals surface area contributed by atoms with Gasteiger partial charge in [0.25, 0.3) is 0 Å². The zero-order chi connectivity index (χ0) is 13.9. The van der Waals surface area contributed by atoms with Crippen molar-refractivity contribution in [2.45, 2.75) is 35.4 Å². The van der Waals surface area contributed by atoms with Crippen LogP contribution < -0.4 is 4.72 Å². The van der Waals surface area contributed by atoms with E-state index >= 15 is 0 Å². The third-order valence-electron chi connectivity index (χ3n) is 3.48. The summed E-state index contributed by atoms with van der Waals surface area (Å²) in [5, 5.41) is 0.534. The van der Waals surface area contributed by atoms with E-state index in [-0.39, 0.29) is 4.90 Å². The van der Waals surface area contributed by atoms with Crippen molar-refractivity contribution in [1.82, 2.24) is 4.72 Å². The Labute approximate surface area is 127 Å². The molecule has 0 aliphatic heterocycles. The number of rotatable bonds is 4.